The molecule has 2 amide bonds. The number of rotatable bonds is 13. The maximum absolute atomic E-state index is 12.3. The van der Waals surface area contributed by atoms with Crippen LogP contribution < -0.4 is 15.5 Å². The molecule has 10 nitrogen and oxygen atoms in total. The number of nitrogens with zero attached hydrogens (tertiary/aromatic N) is 1. The zero-order valence-electron chi connectivity index (χ0n) is 22.6. The number of aliphatic hydroxyl groups is 1. The van der Waals surface area contributed by atoms with Gasteiger partial charge in [0.2, 0.25) is 11.8 Å². The maximum atomic E-state index is 12.3. The Morgan fingerprint density at radius 3 is 2.32 bits per heavy atom. The summed E-state index contributed by atoms with van der Waals surface area (Å²) in [5.74, 6) is 0.0219. The van der Waals surface area contributed by atoms with Crippen LogP contribution in [0.15, 0.2) is 78.0 Å². The number of pyridine rings is 1. The Morgan fingerprint density at radius 2 is 1.63 bits per heavy atom. The minimum absolute atomic E-state index is 0.0324. The predicted octanol–water partition coefficient (Wildman–Crippen LogP) is 4.54. The van der Waals surface area contributed by atoms with Crippen molar-refractivity contribution >= 4 is 29.3 Å². The molecule has 0 radical (unpaired) electrons. The second kappa shape index (κ2) is 15.5. The summed E-state index contributed by atoms with van der Waals surface area (Å²) in [5, 5.41) is 33.5. The lowest BCUT2D eigenvalue weighted by molar-refractivity contribution is -0.645. The number of amides is 2. The van der Waals surface area contributed by atoms with Gasteiger partial charge < -0.3 is 25.1 Å². The first-order chi connectivity index (χ1) is 19.9. The smallest absolute Gasteiger partial charge is 0.251 e. The summed E-state index contributed by atoms with van der Waals surface area (Å²) in [6.45, 7) is -0.0324. The van der Waals surface area contributed by atoms with Gasteiger partial charge in [0.1, 0.15) is 0 Å². The second-order valence-corrected chi connectivity index (χ2v) is 10.8. The Bertz CT molecular complexity index is 1270. The van der Waals surface area contributed by atoms with Gasteiger partial charge in [-0.15, -0.1) is 0 Å². The van der Waals surface area contributed by atoms with Crippen molar-refractivity contribution in [2.24, 2.45) is 0 Å². The molecule has 0 bridgehead atoms. The molecule has 0 aliphatic carbocycles. The first-order valence-corrected chi connectivity index (χ1v) is 14.6. The summed E-state index contributed by atoms with van der Waals surface area (Å²) < 4.78 is 13.5. The zero-order chi connectivity index (χ0) is 29.0. The van der Waals surface area contributed by atoms with E-state index in [0.29, 0.717) is 48.6 Å². The van der Waals surface area contributed by atoms with Gasteiger partial charge in [-0.25, -0.2) is 5.48 Å². The van der Waals surface area contributed by atoms with E-state index in [0.717, 1.165) is 21.4 Å². The normalized spacial score (nSPS) is 18.5. The van der Waals surface area contributed by atoms with Gasteiger partial charge >= 0.3 is 0 Å². The van der Waals surface area contributed by atoms with E-state index in [1.165, 1.54) is 18.0 Å². The molecule has 1 aromatic heterocycles. The van der Waals surface area contributed by atoms with Gasteiger partial charge in [0, 0.05) is 48.4 Å². The SMILES string of the molecule is O=C(CCCCCC(=O)Nc1ccc([C@H]2O[C@@H](CSc3cccc[n+]3[O-])C[C@@H](c3ccc(CO)cc3)O2)cc1)NO. The second-order valence-electron chi connectivity index (χ2n) is 9.79. The van der Waals surface area contributed by atoms with Gasteiger partial charge in [0.05, 0.1) is 18.8 Å². The van der Waals surface area contributed by atoms with Crippen molar-refractivity contribution in [3.8, 4) is 0 Å². The van der Waals surface area contributed by atoms with E-state index >= 15 is 0 Å². The highest BCUT2D eigenvalue weighted by Gasteiger charge is 2.32. The topological polar surface area (TPSA) is 144 Å². The van der Waals surface area contributed by atoms with Crippen molar-refractivity contribution in [2.75, 3.05) is 11.1 Å². The van der Waals surface area contributed by atoms with Crippen LogP contribution in [0.4, 0.5) is 5.69 Å². The largest absolute Gasteiger partial charge is 0.618 e. The summed E-state index contributed by atoms with van der Waals surface area (Å²) in [6, 6.07) is 20.3. The van der Waals surface area contributed by atoms with Crippen molar-refractivity contribution in [2.45, 2.75) is 68.7 Å². The Balaban J connectivity index is 1.37. The first kappa shape index (κ1) is 30.5. The third kappa shape index (κ3) is 9.27. The van der Waals surface area contributed by atoms with Crippen molar-refractivity contribution in [3.63, 3.8) is 0 Å². The molecule has 0 unspecified atom stereocenters. The minimum atomic E-state index is -0.645. The van der Waals surface area contributed by atoms with Gasteiger partial charge in [0.15, 0.2) is 12.5 Å². The maximum Gasteiger partial charge on any atom is 0.251 e. The van der Waals surface area contributed by atoms with Crippen LogP contribution in [-0.4, -0.2) is 34.0 Å². The number of carbonyl (C=O) groups is 2. The third-order valence-electron chi connectivity index (χ3n) is 6.72. The number of nitrogens with one attached hydrogen (secondary N) is 2. The van der Waals surface area contributed by atoms with Crippen LogP contribution in [-0.2, 0) is 25.7 Å². The van der Waals surface area contributed by atoms with Gasteiger partial charge in [-0.05, 0) is 42.2 Å². The molecular weight excluding hydrogens is 546 g/mol. The standard InChI is InChI=1S/C30H35N3O7S/c34-19-21-9-11-22(12-10-21)26-18-25(20-41-29-8-4-5-17-33(29)38)39-30(40-26)23-13-15-24(16-14-23)31-27(35)6-2-1-3-7-28(36)32-37/h4-5,8-17,25-26,30,34,37H,1-3,6-7,18-20H2,(H,31,35)(H,32,36)/t25-,26+,30+/m1/s1. The van der Waals surface area contributed by atoms with Crippen molar-refractivity contribution in [3.05, 3.63) is 94.8 Å². The van der Waals surface area contributed by atoms with Crippen molar-refractivity contribution < 1.29 is 34.1 Å². The molecule has 1 saturated heterocycles. The van der Waals surface area contributed by atoms with E-state index < -0.39 is 12.2 Å². The Labute approximate surface area is 243 Å². The fraction of sp³-hybridized carbons (Fsp3) is 0.367. The number of unbranched alkanes of at least 4 members (excludes halogenated alkanes) is 2. The molecule has 2 heterocycles. The van der Waals surface area contributed by atoms with Crippen LogP contribution in [0.5, 0.6) is 0 Å². The fourth-order valence-electron chi connectivity index (χ4n) is 4.48. The number of hydrogen-bond acceptors (Lipinski definition) is 8. The molecule has 11 heteroatoms. The number of benzene rings is 2. The molecule has 218 valence electrons. The van der Waals surface area contributed by atoms with E-state index in [1.807, 2.05) is 42.5 Å². The molecule has 1 aliphatic heterocycles. The number of ether oxygens (including phenoxy) is 2. The number of hydroxylamine groups is 1. The molecule has 3 aromatic rings. The average Bonchev–Trinajstić information content (AvgIpc) is 3.00. The highest BCUT2D eigenvalue weighted by atomic mass is 32.2. The Morgan fingerprint density at radius 1 is 0.927 bits per heavy atom. The lowest BCUT2D eigenvalue weighted by Gasteiger charge is -2.36. The highest BCUT2D eigenvalue weighted by molar-refractivity contribution is 7.99. The van der Waals surface area contributed by atoms with Crippen molar-refractivity contribution in [1.82, 2.24) is 5.48 Å². The zero-order valence-corrected chi connectivity index (χ0v) is 23.4. The number of hydrogen-bond donors (Lipinski definition) is 4. The number of anilines is 1. The Hall–Kier alpha value is -3.48. The van der Waals surface area contributed by atoms with Gasteiger partial charge in [0.25, 0.3) is 5.03 Å². The summed E-state index contributed by atoms with van der Waals surface area (Å²) >= 11 is 1.43. The average molecular weight is 582 g/mol. The van der Waals surface area contributed by atoms with Crippen LogP contribution in [0, 0.1) is 5.21 Å². The summed E-state index contributed by atoms with van der Waals surface area (Å²) in [5.41, 5.74) is 4.85. The van der Waals surface area contributed by atoms with Crippen LogP contribution in [0.3, 0.4) is 0 Å². The molecule has 4 rings (SSSR count). The number of aromatic nitrogens is 1. The lowest BCUT2D eigenvalue weighted by atomic mass is 10.0. The fourth-order valence-corrected chi connectivity index (χ4v) is 5.41. The Kier molecular flexibility index (Phi) is 11.5. The van der Waals surface area contributed by atoms with Gasteiger partial charge in [-0.2, -0.15) is 4.73 Å². The van der Waals surface area contributed by atoms with Gasteiger partial charge in [-0.1, -0.05) is 54.6 Å². The number of thioether (sulfide) groups is 1. The highest BCUT2D eigenvalue weighted by Crippen LogP contribution is 2.39. The van der Waals surface area contributed by atoms with E-state index in [9.17, 15) is 19.9 Å². The molecule has 4 N–H and O–H groups in total. The third-order valence-corrected chi connectivity index (χ3v) is 7.87. The summed E-state index contributed by atoms with van der Waals surface area (Å²) in [6.07, 6.45) is 3.50. The summed E-state index contributed by atoms with van der Waals surface area (Å²) in [7, 11) is 0. The number of aliphatic hydroxyl groups excluding tert-OH is 1. The molecule has 0 spiro atoms. The minimum Gasteiger partial charge on any atom is -0.618 e. The molecule has 0 saturated carbocycles. The van der Waals surface area contributed by atoms with E-state index in [4.69, 9.17) is 14.7 Å². The first-order valence-electron chi connectivity index (χ1n) is 13.6. The van der Waals surface area contributed by atoms with Crippen LogP contribution >= 0.6 is 11.8 Å². The van der Waals surface area contributed by atoms with Crippen LogP contribution in [0.1, 0.15) is 67.6 Å². The van der Waals surface area contributed by atoms with Gasteiger partial charge in [-0.3, -0.25) is 14.8 Å². The quantitative estimate of drug-likeness (QED) is 0.0575. The van der Waals surface area contributed by atoms with E-state index in [2.05, 4.69) is 5.32 Å². The molecule has 41 heavy (non-hydrogen) atoms. The van der Waals surface area contributed by atoms with Crippen LogP contribution in [0.25, 0.3) is 0 Å². The van der Waals surface area contributed by atoms with E-state index in [-0.39, 0.29) is 31.1 Å². The molecule has 1 fully saturated rings. The lowest BCUT2D eigenvalue weighted by Crippen LogP contribution is -2.32. The number of carbonyl (C=O) groups excluding carboxylic acids is 2. The monoisotopic (exact) mass is 581 g/mol. The molecule has 1 aliphatic rings. The summed E-state index contributed by atoms with van der Waals surface area (Å²) in [4.78, 5) is 23.4. The van der Waals surface area contributed by atoms with E-state index in [1.54, 1.807) is 29.7 Å². The predicted molar refractivity (Wildman–Crippen MR) is 153 cm³/mol. The van der Waals surface area contributed by atoms with Crippen molar-refractivity contribution in [1.29, 1.82) is 0 Å². The molecule has 3 atom stereocenters. The molecular formula is C30H35N3O7S. The molecule has 2 aromatic carbocycles. The van der Waals surface area contributed by atoms with Crippen LogP contribution in [0.2, 0.25) is 0 Å².